The van der Waals surface area contributed by atoms with Crippen molar-refractivity contribution in [2.45, 2.75) is 32.2 Å². The zero-order valence-corrected chi connectivity index (χ0v) is 11.7. The molecule has 1 aromatic rings. The summed E-state index contributed by atoms with van der Waals surface area (Å²) in [6.45, 7) is 1.90. The number of carbonyl (C=O) groups is 3. The van der Waals surface area contributed by atoms with Crippen molar-refractivity contribution in [1.29, 1.82) is 0 Å². The number of nitrogens with zero attached hydrogens (tertiary/aromatic N) is 1. The first kappa shape index (κ1) is 14.5. The topological polar surface area (TPSA) is 88.2 Å². The molecule has 20 heavy (non-hydrogen) atoms. The molecule has 0 aromatic carbocycles. The first-order valence-corrected chi connectivity index (χ1v) is 6.68. The van der Waals surface area contributed by atoms with Gasteiger partial charge < -0.3 is 5.32 Å². The maximum Gasteiger partial charge on any atom is 0.252 e. The van der Waals surface area contributed by atoms with E-state index in [9.17, 15) is 14.4 Å². The van der Waals surface area contributed by atoms with Crippen molar-refractivity contribution in [1.82, 2.24) is 15.6 Å². The number of hydrogen-bond acceptors (Lipinski definition) is 4. The molecule has 0 bridgehead atoms. The van der Waals surface area contributed by atoms with E-state index in [1.54, 1.807) is 6.07 Å². The average molecular weight is 296 g/mol. The van der Waals surface area contributed by atoms with Crippen molar-refractivity contribution in [3.8, 4) is 0 Å². The smallest absolute Gasteiger partial charge is 0.252 e. The van der Waals surface area contributed by atoms with Gasteiger partial charge in [-0.2, -0.15) is 0 Å². The summed E-state index contributed by atoms with van der Waals surface area (Å²) < 4.78 is 0. The van der Waals surface area contributed by atoms with E-state index in [0.29, 0.717) is 24.1 Å². The second kappa shape index (κ2) is 6.00. The Balaban J connectivity index is 2.10. The van der Waals surface area contributed by atoms with Gasteiger partial charge in [-0.1, -0.05) is 18.5 Å². The number of pyridine rings is 1. The third kappa shape index (κ3) is 3.33. The predicted octanol–water partition coefficient (Wildman–Crippen LogP) is 0.832. The molecule has 1 saturated heterocycles. The lowest BCUT2D eigenvalue weighted by atomic mass is 10.1. The highest BCUT2D eigenvalue weighted by atomic mass is 35.5. The molecular formula is C13H14ClN3O3. The van der Waals surface area contributed by atoms with Crippen molar-refractivity contribution in [3.63, 3.8) is 0 Å². The summed E-state index contributed by atoms with van der Waals surface area (Å²) in [5.74, 6) is -1.20. The monoisotopic (exact) mass is 295 g/mol. The molecule has 106 valence electrons. The van der Waals surface area contributed by atoms with Crippen molar-refractivity contribution < 1.29 is 14.4 Å². The fraction of sp³-hybridized carbons (Fsp3) is 0.385. The Labute approximate surface area is 120 Å². The number of aryl methyl sites for hydroxylation is 1. The van der Waals surface area contributed by atoms with Crippen LogP contribution >= 0.6 is 11.6 Å². The average Bonchev–Trinajstić information content (AvgIpc) is 2.41. The summed E-state index contributed by atoms with van der Waals surface area (Å²) in [4.78, 5) is 38.8. The van der Waals surface area contributed by atoms with E-state index in [2.05, 4.69) is 15.6 Å². The molecule has 6 nitrogen and oxygen atoms in total. The summed E-state index contributed by atoms with van der Waals surface area (Å²) in [6.07, 6.45) is 1.17. The first-order chi connectivity index (χ1) is 9.49. The van der Waals surface area contributed by atoms with Crippen LogP contribution in [0.3, 0.4) is 0 Å². The van der Waals surface area contributed by atoms with Crippen LogP contribution in [-0.4, -0.2) is 28.7 Å². The minimum absolute atomic E-state index is 0.216. The molecule has 2 N–H and O–H groups in total. The Kier molecular flexibility index (Phi) is 4.34. The summed E-state index contributed by atoms with van der Waals surface area (Å²) in [6, 6.07) is 2.38. The lowest BCUT2D eigenvalue weighted by Gasteiger charge is -2.21. The lowest BCUT2D eigenvalue weighted by Crippen LogP contribution is -2.52. The van der Waals surface area contributed by atoms with Crippen LogP contribution in [0.25, 0.3) is 0 Å². The molecule has 3 amide bonds. The van der Waals surface area contributed by atoms with Crippen molar-refractivity contribution in [2.24, 2.45) is 0 Å². The van der Waals surface area contributed by atoms with E-state index < -0.39 is 17.9 Å². The van der Waals surface area contributed by atoms with Gasteiger partial charge in [0.2, 0.25) is 11.8 Å². The highest BCUT2D eigenvalue weighted by molar-refractivity contribution is 6.29. The molecule has 1 aliphatic heterocycles. The van der Waals surface area contributed by atoms with E-state index in [0.717, 1.165) is 0 Å². The maximum absolute atomic E-state index is 12.1. The first-order valence-electron chi connectivity index (χ1n) is 6.30. The molecule has 1 aromatic heterocycles. The van der Waals surface area contributed by atoms with Gasteiger partial charge in [0.25, 0.3) is 5.91 Å². The van der Waals surface area contributed by atoms with Gasteiger partial charge in [-0.05, 0) is 25.0 Å². The lowest BCUT2D eigenvalue weighted by molar-refractivity contribution is -0.134. The standard InChI is InChI=1S/C13H14ClN3O3/c1-2-8-5-7(6-10(14)15-8)12(19)16-9-3-4-11(18)17-13(9)20/h5-6,9H,2-4H2,1H3,(H,16,19)(H,17,18,20). The fourth-order valence-electron chi connectivity index (χ4n) is 1.94. The van der Waals surface area contributed by atoms with Crippen LogP contribution in [0.5, 0.6) is 0 Å². The number of imide groups is 1. The van der Waals surface area contributed by atoms with Gasteiger partial charge in [0.1, 0.15) is 11.2 Å². The summed E-state index contributed by atoms with van der Waals surface area (Å²) in [7, 11) is 0. The van der Waals surface area contributed by atoms with E-state index in [4.69, 9.17) is 11.6 Å². The Morgan fingerprint density at radius 2 is 2.25 bits per heavy atom. The normalized spacial score (nSPS) is 18.6. The second-order valence-corrected chi connectivity index (χ2v) is 4.89. The number of rotatable bonds is 3. The highest BCUT2D eigenvalue weighted by Gasteiger charge is 2.28. The van der Waals surface area contributed by atoms with Crippen molar-refractivity contribution in [2.75, 3.05) is 0 Å². The molecule has 0 aliphatic carbocycles. The molecule has 0 spiro atoms. The number of halogens is 1. The van der Waals surface area contributed by atoms with Crippen LogP contribution in [0.2, 0.25) is 5.15 Å². The van der Waals surface area contributed by atoms with Gasteiger partial charge in [0, 0.05) is 17.7 Å². The summed E-state index contributed by atoms with van der Waals surface area (Å²) >= 11 is 5.85. The quantitative estimate of drug-likeness (QED) is 0.639. The molecule has 1 fully saturated rings. The van der Waals surface area contributed by atoms with Gasteiger partial charge >= 0.3 is 0 Å². The van der Waals surface area contributed by atoms with E-state index in [-0.39, 0.29) is 17.5 Å². The molecule has 0 saturated carbocycles. The molecule has 1 aliphatic rings. The minimum Gasteiger partial charge on any atom is -0.340 e. The summed E-state index contributed by atoms with van der Waals surface area (Å²) in [5, 5.41) is 5.02. The number of hydrogen-bond donors (Lipinski definition) is 2. The van der Waals surface area contributed by atoms with Gasteiger partial charge in [-0.3, -0.25) is 19.7 Å². The third-order valence-electron chi connectivity index (χ3n) is 3.02. The van der Waals surface area contributed by atoms with Gasteiger partial charge in [0.15, 0.2) is 0 Å². The largest absolute Gasteiger partial charge is 0.340 e. The van der Waals surface area contributed by atoms with Crippen molar-refractivity contribution in [3.05, 3.63) is 28.5 Å². The molecule has 1 unspecified atom stereocenters. The van der Waals surface area contributed by atoms with Crippen LogP contribution in [-0.2, 0) is 16.0 Å². The molecule has 2 rings (SSSR count). The minimum atomic E-state index is -0.697. The maximum atomic E-state index is 12.1. The SMILES string of the molecule is CCc1cc(C(=O)NC2CCC(=O)NC2=O)cc(Cl)n1. The number of carbonyl (C=O) groups excluding carboxylic acids is 3. The van der Waals surface area contributed by atoms with Crippen LogP contribution in [0.4, 0.5) is 0 Å². The van der Waals surface area contributed by atoms with E-state index in [1.165, 1.54) is 6.07 Å². The van der Waals surface area contributed by atoms with Crippen LogP contribution in [0.1, 0.15) is 35.8 Å². The van der Waals surface area contributed by atoms with Gasteiger partial charge in [-0.15, -0.1) is 0 Å². The molecule has 7 heteroatoms. The number of nitrogens with one attached hydrogen (secondary N) is 2. The Morgan fingerprint density at radius 1 is 1.50 bits per heavy atom. The number of piperidine rings is 1. The van der Waals surface area contributed by atoms with E-state index in [1.807, 2.05) is 6.92 Å². The Bertz CT molecular complexity index is 574. The van der Waals surface area contributed by atoms with Crippen molar-refractivity contribution >= 4 is 29.3 Å². The molecular weight excluding hydrogens is 282 g/mol. The second-order valence-electron chi connectivity index (χ2n) is 4.50. The number of aromatic nitrogens is 1. The Hall–Kier alpha value is -1.95. The van der Waals surface area contributed by atoms with Crippen LogP contribution < -0.4 is 10.6 Å². The molecule has 2 heterocycles. The molecule has 0 radical (unpaired) electrons. The zero-order chi connectivity index (χ0) is 14.7. The van der Waals surface area contributed by atoms with Gasteiger partial charge in [0.05, 0.1) is 0 Å². The third-order valence-corrected chi connectivity index (χ3v) is 3.21. The fourth-order valence-corrected chi connectivity index (χ4v) is 2.16. The summed E-state index contributed by atoms with van der Waals surface area (Å²) in [5.41, 5.74) is 1.05. The highest BCUT2D eigenvalue weighted by Crippen LogP contribution is 2.12. The van der Waals surface area contributed by atoms with Crippen LogP contribution in [0, 0.1) is 0 Å². The zero-order valence-electron chi connectivity index (χ0n) is 10.9. The van der Waals surface area contributed by atoms with Gasteiger partial charge in [-0.25, -0.2) is 4.98 Å². The molecule has 1 atom stereocenters. The van der Waals surface area contributed by atoms with Crippen LogP contribution in [0.15, 0.2) is 12.1 Å². The van der Waals surface area contributed by atoms with E-state index >= 15 is 0 Å². The Morgan fingerprint density at radius 3 is 2.90 bits per heavy atom. The number of amides is 3. The predicted molar refractivity (Wildman–Crippen MR) is 72.3 cm³/mol.